The van der Waals surface area contributed by atoms with Gasteiger partial charge in [-0.1, -0.05) is 20.8 Å². The Morgan fingerprint density at radius 2 is 1.61 bits per heavy atom. The van der Waals surface area contributed by atoms with Gasteiger partial charge in [-0.25, -0.2) is 0 Å². The van der Waals surface area contributed by atoms with Crippen molar-refractivity contribution in [3.8, 4) is 0 Å². The Kier molecular flexibility index (Phi) is 8.47. The van der Waals surface area contributed by atoms with Crippen LogP contribution in [-0.4, -0.2) is 48.1 Å². The first-order valence-corrected chi connectivity index (χ1v) is 12.7. The summed E-state index contributed by atoms with van der Waals surface area (Å²) in [5.74, 6) is 1.59. The lowest BCUT2D eigenvalue weighted by molar-refractivity contribution is 0.101. The zero-order valence-electron chi connectivity index (χ0n) is 21.9. The number of nitrogens with two attached hydrogens (primary N) is 1. The Labute approximate surface area is 222 Å². The van der Waals surface area contributed by atoms with Gasteiger partial charge in [0.2, 0.25) is 0 Å². The predicted molar refractivity (Wildman–Crippen MR) is 152 cm³/mol. The number of anilines is 2. The van der Waals surface area contributed by atoms with Crippen LogP contribution in [0.25, 0.3) is 0 Å². The van der Waals surface area contributed by atoms with Crippen LogP contribution in [0.15, 0.2) is 76.8 Å². The fourth-order valence-corrected chi connectivity index (χ4v) is 3.70. The predicted octanol–water partition coefficient (Wildman–Crippen LogP) is 3.93. The van der Waals surface area contributed by atoms with Gasteiger partial charge in [-0.15, -0.1) is 0 Å². The molecule has 9 nitrogen and oxygen atoms in total. The van der Waals surface area contributed by atoms with Crippen molar-refractivity contribution in [3.05, 3.63) is 89.2 Å². The fraction of sp³-hybridized carbons (Fsp3) is 0.276. The number of nitrogens with zero attached hydrogens (tertiary/aromatic N) is 3. The van der Waals surface area contributed by atoms with Crippen molar-refractivity contribution in [2.45, 2.75) is 20.8 Å². The largest absolute Gasteiger partial charge is 0.384 e. The van der Waals surface area contributed by atoms with E-state index in [2.05, 4.69) is 51.7 Å². The van der Waals surface area contributed by atoms with Crippen LogP contribution in [0.5, 0.6) is 0 Å². The minimum atomic E-state index is -0.362. The lowest BCUT2D eigenvalue weighted by Crippen LogP contribution is -2.35. The van der Waals surface area contributed by atoms with E-state index in [4.69, 9.17) is 5.73 Å². The van der Waals surface area contributed by atoms with E-state index in [0.717, 1.165) is 30.1 Å². The third-order valence-corrected chi connectivity index (χ3v) is 5.92. The maximum atomic E-state index is 12.6. The quantitative estimate of drug-likeness (QED) is 0.269. The summed E-state index contributed by atoms with van der Waals surface area (Å²) in [6.07, 6.45) is 1.38. The van der Waals surface area contributed by atoms with Crippen LogP contribution in [-0.2, 0) is 0 Å². The zero-order valence-corrected chi connectivity index (χ0v) is 21.9. The number of carbonyl (C=O) groups is 2. The van der Waals surface area contributed by atoms with Crippen LogP contribution in [0.1, 0.15) is 52.7 Å². The van der Waals surface area contributed by atoms with Gasteiger partial charge in [0.05, 0.1) is 5.56 Å². The monoisotopic (exact) mass is 511 g/mol. The molecule has 1 aromatic heterocycles. The second kappa shape index (κ2) is 12.1. The van der Waals surface area contributed by atoms with Crippen molar-refractivity contribution in [3.63, 3.8) is 0 Å². The molecule has 1 aliphatic heterocycles. The molecule has 0 aliphatic carbocycles. The molecule has 0 saturated heterocycles. The molecule has 0 fully saturated rings. The van der Waals surface area contributed by atoms with Crippen molar-refractivity contribution >= 4 is 34.9 Å². The molecule has 2 heterocycles. The summed E-state index contributed by atoms with van der Waals surface area (Å²) in [7, 11) is 0. The molecule has 0 saturated carbocycles. The highest BCUT2D eigenvalue weighted by atomic mass is 16.2. The van der Waals surface area contributed by atoms with Gasteiger partial charge in [-0.3, -0.25) is 24.6 Å². The summed E-state index contributed by atoms with van der Waals surface area (Å²) >= 11 is 0. The Morgan fingerprint density at radius 1 is 0.974 bits per heavy atom. The van der Waals surface area contributed by atoms with Crippen molar-refractivity contribution in [2.24, 2.45) is 27.6 Å². The van der Waals surface area contributed by atoms with Gasteiger partial charge >= 0.3 is 0 Å². The highest BCUT2D eigenvalue weighted by Crippen LogP contribution is 2.15. The van der Waals surface area contributed by atoms with Crippen LogP contribution < -0.4 is 21.7 Å². The topological polar surface area (TPSA) is 134 Å². The average Bonchev–Trinajstić information content (AvgIpc) is 2.93. The second-order valence-electron chi connectivity index (χ2n) is 9.79. The maximum Gasteiger partial charge on any atom is 0.274 e. The number of rotatable bonds is 8. The Morgan fingerprint density at radius 3 is 2.18 bits per heavy atom. The van der Waals surface area contributed by atoms with Crippen LogP contribution in [0.3, 0.4) is 0 Å². The van der Waals surface area contributed by atoms with Crippen LogP contribution in [0.4, 0.5) is 11.4 Å². The smallest absolute Gasteiger partial charge is 0.274 e. The second-order valence-corrected chi connectivity index (χ2v) is 9.79. The molecule has 2 aromatic carbocycles. The molecular weight excluding hydrogens is 478 g/mol. The van der Waals surface area contributed by atoms with E-state index in [1.807, 2.05) is 36.4 Å². The molecule has 5 N–H and O–H groups in total. The first kappa shape index (κ1) is 26.5. The molecule has 38 heavy (non-hydrogen) atoms. The summed E-state index contributed by atoms with van der Waals surface area (Å²) in [5, 5.41) is 8.98. The zero-order chi connectivity index (χ0) is 27.1. The Bertz CT molecular complexity index is 1330. The SMILES string of the molecule is CC(C)CN=C(N)c1ccc(NC(=O)c2ccc(C(=O)Nc3ccc(C4=NCC(C)CN4)cc3)nc2)cc1. The molecular formula is C29H33N7O2. The maximum absolute atomic E-state index is 12.6. The van der Waals surface area contributed by atoms with Crippen molar-refractivity contribution in [1.82, 2.24) is 10.3 Å². The standard InChI is InChI=1S/C29H33N7O2/c1-18(2)14-32-26(30)20-4-9-23(10-5-20)35-28(37)22-8-13-25(31-17-22)29(38)36-24-11-6-21(7-12-24)27-33-15-19(3)16-34-27/h4-13,17-19H,14-16H2,1-3H3,(H2,30,32)(H,33,34)(H,35,37)(H,36,38). The number of nitrogens with one attached hydrogen (secondary N) is 3. The van der Waals surface area contributed by atoms with Gasteiger partial charge in [0.25, 0.3) is 11.8 Å². The highest BCUT2D eigenvalue weighted by molar-refractivity contribution is 6.06. The summed E-state index contributed by atoms with van der Waals surface area (Å²) in [6, 6.07) is 17.7. The molecule has 0 spiro atoms. The summed E-state index contributed by atoms with van der Waals surface area (Å²) in [4.78, 5) is 38.4. The third-order valence-electron chi connectivity index (χ3n) is 5.92. The molecule has 1 atom stereocenters. The number of benzene rings is 2. The molecule has 3 aromatic rings. The number of pyridine rings is 1. The van der Waals surface area contributed by atoms with Gasteiger partial charge in [0.1, 0.15) is 17.4 Å². The minimum Gasteiger partial charge on any atom is -0.384 e. The van der Waals surface area contributed by atoms with E-state index < -0.39 is 0 Å². The van der Waals surface area contributed by atoms with Crippen LogP contribution >= 0.6 is 0 Å². The number of aliphatic imine (C=N–C) groups is 2. The van der Waals surface area contributed by atoms with E-state index in [9.17, 15) is 9.59 Å². The van der Waals surface area contributed by atoms with Crippen molar-refractivity contribution in [2.75, 3.05) is 30.3 Å². The molecule has 9 heteroatoms. The third kappa shape index (κ3) is 7.03. The number of amides is 2. The summed E-state index contributed by atoms with van der Waals surface area (Å²) < 4.78 is 0. The lowest BCUT2D eigenvalue weighted by Gasteiger charge is -2.20. The van der Waals surface area contributed by atoms with Gasteiger partial charge in [-0.05, 0) is 72.5 Å². The van der Waals surface area contributed by atoms with E-state index in [1.54, 1.807) is 18.2 Å². The van der Waals surface area contributed by atoms with E-state index in [0.29, 0.717) is 41.2 Å². The molecule has 0 bridgehead atoms. The van der Waals surface area contributed by atoms with Gasteiger partial charge in [-0.2, -0.15) is 0 Å². The molecule has 2 amide bonds. The van der Waals surface area contributed by atoms with E-state index in [-0.39, 0.29) is 17.5 Å². The van der Waals surface area contributed by atoms with E-state index in [1.165, 1.54) is 12.3 Å². The van der Waals surface area contributed by atoms with Crippen LogP contribution in [0, 0.1) is 11.8 Å². The van der Waals surface area contributed by atoms with Gasteiger partial charge in [0, 0.05) is 48.3 Å². The Balaban J connectivity index is 1.32. The number of carbonyl (C=O) groups excluding carboxylic acids is 2. The van der Waals surface area contributed by atoms with Crippen molar-refractivity contribution < 1.29 is 9.59 Å². The van der Waals surface area contributed by atoms with Crippen molar-refractivity contribution in [1.29, 1.82) is 0 Å². The summed E-state index contributed by atoms with van der Waals surface area (Å²) in [5.41, 5.74) is 9.60. The fourth-order valence-electron chi connectivity index (χ4n) is 3.70. The molecule has 0 radical (unpaired) electrons. The normalized spacial score (nSPS) is 15.4. The lowest BCUT2D eigenvalue weighted by atomic mass is 10.1. The van der Waals surface area contributed by atoms with Gasteiger partial charge < -0.3 is 21.7 Å². The highest BCUT2D eigenvalue weighted by Gasteiger charge is 2.14. The van der Waals surface area contributed by atoms with Crippen LogP contribution in [0.2, 0.25) is 0 Å². The molecule has 4 rings (SSSR count). The number of hydrogen-bond acceptors (Lipinski definition) is 6. The first-order chi connectivity index (χ1) is 18.3. The minimum absolute atomic E-state index is 0.207. The molecule has 1 aliphatic rings. The number of hydrogen-bond donors (Lipinski definition) is 4. The first-order valence-electron chi connectivity index (χ1n) is 12.7. The summed E-state index contributed by atoms with van der Waals surface area (Å²) in [6.45, 7) is 8.66. The van der Waals surface area contributed by atoms with Gasteiger partial charge in [0.15, 0.2) is 0 Å². The molecule has 196 valence electrons. The Hall–Kier alpha value is -4.53. The average molecular weight is 512 g/mol. The number of amidine groups is 2. The van der Waals surface area contributed by atoms with E-state index >= 15 is 0 Å². The molecule has 1 unspecified atom stereocenters. The number of aromatic nitrogens is 1.